The molecule has 2 amide bonds. The molecule has 0 atom stereocenters. The van der Waals surface area contributed by atoms with Crippen LogP contribution in [0.3, 0.4) is 0 Å². The molecule has 0 aliphatic carbocycles. The van der Waals surface area contributed by atoms with Gasteiger partial charge in [0.1, 0.15) is 5.54 Å². The first-order valence-corrected chi connectivity index (χ1v) is 7.72. The van der Waals surface area contributed by atoms with Crippen molar-refractivity contribution in [3.05, 3.63) is 0 Å². The van der Waals surface area contributed by atoms with E-state index < -0.39 is 11.1 Å². The number of piperazine rings is 2. The van der Waals surface area contributed by atoms with Crippen molar-refractivity contribution >= 4 is 11.8 Å². The van der Waals surface area contributed by atoms with Crippen LogP contribution in [-0.4, -0.2) is 83.9 Å². The quantitative estimate of drug-likeness (QED) is 0.763. The van der Waals surface area contributed by atoms with Crippen molar-refractivity contribution in [1.82, 2.24) is 20.0 Å². The molecular formula is C15H28N4O2. The third kappa shape index (κ3) is 2.79. The zero-order chi connectivity index (χ0) is 15.8. The van der Waals surface area contributed by atoms with Gasteiger partial charge in [-0.1, -0.05) is 0 Å². The first-order chi connectivity index (χ1) is 9.69. The van der Waals surface area contributed by atoms with Crippen molar-refractivity contribution in [2.24, 2.45) is 0 Å². The molecule has 2 rings (SSSR count). The Hall–Kier alpha value is -1.14. The summed E-state index contributed by atoms with van der Waals surface area (Å²) in [5.74, 6) is 0.0639. The summed E-state index contributed by atoms with van der Waals surface area (Å²) in [5.41, 5.74) is -1.34. The van der Waals surface area contributed by atoms with E-state index in [4.69, 9.17) is 0 Å². The van der Waals surface area contributed by atoms with E-state index in [1.165, 1.54) is 0 Å². The van der Waals surface area contributed by atoms with Gasteiger partial charge in [0, 0.05) is 46.3 Å². The maximum absolute atomic E-state index is 13.1. The average molecular weight is 296 g/mol. The van der Waals surface area contributed by atoms with Crippen LogP contribution in [0.25, 0.3) is 0 Å². The monoisotopic (exact) mass is 296 g/mol. The fourth-order valence-electron chi connectivity index (χ4n) is 3.26. The molecule has 2 aliphatic heterocycles. The highest BCUT2D eigenvalue weighted by Crippen LogP contribution is 2.27. The smallest absolute Gasteiger partial charge is 0.247 e. The number of carbonyl (C=O) groups is 2. The molecule has 2 heterocycles. The fraction of sp³-hybridized carbons (Fsp3) is 0.867. The molecule has 0 aromatic heterocycles. The number of likely N-dealkylation sites (N-methyl/N-ethyl adjacent to an activating group) is 1. The van der Waals surface area contributed by atoms with Crippen LogP contribution in [0.1, 0.15) is 27.7 Å². The van der Waals surface area contributed by atoms with Gasteiger partial charge in [-0.3, -0.25) is 14.5 Å². The fourth-order valence-corrected chi connectivity index (χ4v) is 3.26. The second kappa shape index (κ2) is 5.57. The van der Waals surface area contributed by atoms with Crippen LogP contribution in [0.5, 0.6) is 0 Å². The van der Waals surface area contributed by atoms with Crippen molar-refractivity contribution in [3.8, 4) is 0 Å². The Morgan fingerprint density at radius 1 is 1.14 bits per heavy atom. The molecule has 6 heteroatoms. The highest BCUT2D eigenvalue weighted by Gasteiger charge is 2.48. The zero-order valence-electron chi connectivity index (χ0n) is 13.9. The lowest BCUT2D eigenvalue weighted by atomic mass is 9.92. The largest absolute Gasteiger partial charge is 0.342 e. The van der Waals surface area contributed by atoms with Gasteiger partial charge in [-0.15, -0.1) is 0 Å². The minimum Gasteiger partial charge on any atom is -0.342 e. The lowest BCUT2D eigenvalue weighted by Gasteiger charge is -2.49. The molecule has 2 fully saturated rings. The maximum atomic E-state index is 13.1. The van der Waals surface area contributed by atoms with E-state index >= 15 is 0 Å². The minimum atomic E-state index is -0.768. The van der Waals surface area contributed by atoms with Crippen molar-refractivity contribution in [2.45, 2.75) is 38.8 Å². The molecular weight excluding hydrogens is 268 g/mol. The Kier molecular flexibility index (Phi) is 4.31. The van der Waals surface area contributed by atoms with Crippen LogP contribution in [-0.2, 0) is 9.59 Å². The topological polar surface area (TPSA) is 55.9 Å². The molecule has 0 spiro atoms. The lowest BCUT2D eigenvalue weighted by molar-refractivity contribution is -0.163. The van der Waals surface area contributed by atoms with Gasteiger partial charge in [0.05, 0.1) is 5.54 Å². The van der Waals surface area contributed by atoms with Crippen molar-refractivity contribution < 1.29 is 9.59 Å². The van der Waals surface area contributed by atoms with Crippen LogP contribution in [0.2, 0.25) is 0 Å². The Balaban J connectivity index is 2.19. The van der Waals surface area contributed by atoms with Crippen molar-refractivity contribution in [3.63, 3.8) is 0 Å². The predicted molar refractivity (Wildman–Crippen MR) is 82.0 cm³/mol. The summed E-state index contributed by atoms with van der Waals surface area (Å²) >= 11 is 0. The van der Waals surface area contributed by atoms with Crippen LogP contribution in [0.15, 0.2) is 0 Å². The molecule has 0 bridgehead atoms. The van der Waals surface area contributed by atoms with Crippen LogP contribution < -0.4 is 5.32 Å². The summed E-state index contributed by atoms with van der Waals surface area (Å²) in [6, 6.07) is 0. The van der Waals surface area contributed by atoms with Crippen LogP contribution in [0, 0.1) is 0 Å². The molecule has 120 valence electrons. The lowest BCUT2D eigenvalue weighted by Crippen LogP contribution is -2.69. The van der Waals surface area contributed by atoms with Gasteiger partial charge in [0.15, 0.2) is 0 Å². The number of carbonyl (C=O) groups excluding carboxylic acids is 2. The standard InChI is InChI=1S/C15H28N4O2/c1-14(2,18-8-6-16-7-9-18)13(21)19-11-10-17(5)12(20)15(19,3)4/h16H,6-11H2,1-5H3. The van der Waals surface area contributed by atoms with Crippen molar-refractivity contribution in [1.29, 1.82) is 0 Å². The number of rotatable bonds is 2. The van der Waals surface area contributed by atoms with E-state index in [2.05, 4.69) is 10.2 Å². The molecule has 0 unspecified atom stereocenters. The summed E-state index contributed by atoms with van der Waals surface area (Å²) in [7, 11) is 1.80. The summed E-state index contributed by atoms with van der Waals surface area (Å²) in [5, 5.41) is 3.31. The molecule has 2 saturated heterocycles. The predicted octanol–water partition coefficient (Wildman–Crippen LogP) is -0.251. The van der Waals surface area contributed by atoms with Crippen LogP contribution >= 0.6 is 0 Å². The molecule has 1 N–H and O–H groups in total. The van der Waals surface area contributed by atoms with Gasteiger partial charge < -0.3 is 15.1 Å². The van der Waals surface area contributed by atoms with Gasteiger partial charge in [0.2, 0.25) is 11.8 Å². The van der Waals surface area contributed by atoms with E-state index in [-0.39, 0.29) is 11.8 Å². The summed E-state index contributed by atoms with van der Waals surface area (Å²) in [6.45, 7) is 12.4. The minimum absolute atomic E-state index is 0.0122. The molecule has 21 heavy (non-hydrogen) atoms. The van der Waals surface area contributed by atoms with Gasteiger partial charge in [-0.2, -0.15) is 0 Å². The summed E-state index contributed by atoms with van der Waals surface area (Å²) in [4.78, 5) is 31.1. The number of hydrogen-bond donors (Lipinski definition) is 1. The molecule has 0 aromatic carbocycles. The van der Waals surface area contributed by atoms with Gasteiger partial charge in [-0.25, -0.2) is 0 Å². The maximum Gasteiger partial charge on any atom is 0.247 e. The number of nitrogens with one attached hydrogen (secondary N) is 1. The normalized spacial score (nSPS) is 24.3. The first-order valence-electron chi connectivity index (χ1n) is 7.72. The number of nitrogens with zero attached hydrogens (tertiary/aromatic N) is 3. The number of hydrogen-bond acceptors (Lipinski definition) is 4. The van der Waals surface area contributed by atoms with Gasteiger partial charge >= 0.3 is 0 Å². The Bertz CT molecular complexity index is 427. The van der Waals surface area contributed by atoms with E-state index in [0.717, 1.165) is 26.2 Å². The average Bonchev–Trinajstić information content (AvgIpc) is 2.45. The third-order valence-corrected chi connectivity index (χ3v) is 4.88. The van der Waals surface area contributed by atoms with E-state index in [0.29, 0.717) is 13.1 Å². The van der Waals surface area contributed by atoms with E-state index in [1.807, 2.05) is 27.7 Å². The molecule has 2 aliphatic rings. The number of amides is 2. The first kappa shape index (κ1) is 16.2. The molecule has 0 radical (unpaired) electrons. The zero-order valence-corrected chi connectivity index (χ0v) is 13.9. The highest BCUT2D eigenvalue weighted by molar-refractivity contribution is 5.94. The van der Waals surface area contributed by atoms with Gasteiger partial charge in [0.25, 0.3) is 0 Å². The van der Waals surface area contributed by atoms with Crippen molar-refractivity contribution in [2.75, 3.05) is 46.3 Å². The second-order valence-electron chi connectivity index (χ2n) is 7.04. The molecule has 0 aromatic rings. The highest BCUT2D eigenvalue weighted by atomic mass is 16.2. The van der Waals surface area contributed by atoms with E-state index in [1.54, 1.807) is 16.8 Å². The van der Waals surface area contributed by atoms with E-state index in [9.17, 15) is 9.59 Å². The third-order valence-electron chi connectivity index (χ3n) is 4.88. The Morgan fingerprint density at radius 2 is 1.71 bits per heavy atom. The summed E-state index contributed by atoms with van der Waals surface area (Å²) < 4.78 is 0. The van der Waals surface area contributed by atoms with Gasteiger partial charge in [-0.05, 0) is 27.7 Å². The Labute approximate surface area is 127 Å². The SMILES string of the molecule is CN1CCN(C(=O)C(C)(C)N2CCNCC2)C(C)(C)C1=O. The van der Waals surface area contributed by atoms with Crippen LogP contribution in [0.4, 0.5) is 0 Å². The second-order valence-corrected chi connectivity index (χ2v) is 7.04. The molecule has 0 saturated carbocycles. The Morgan fingerprint density at radius 3 is 2.29 bits per heavy atom. The molecule has 6 nitrogen and oxygen atoms in total. The summed E-state index contributed by atoms with van der Waals surface area (Å²) in [6.07, 6.45) is 0.